The smallest absolute Gasteiger partial charge is 0.169 e. The maximum absolute atomic E-state index is 13.6. The summed E-state index contributed by atoms with van der Waals surface area (Å²) in [5, 5.41) is 3.59. The lowest BCUT2D eigenvalue weighted by Crippen LogP contribution is -1.90. The molecule has 0 aliphatic heterocycles. The highest BCUT2D eigenvalue weighted by molar-refractivity contribution is 9.10. The highest BCUT2D eigenvalue weighted by atomic mass is 79.9. The zero-order chi connectivity index (χ0) is 11.7. The summed E-state index contributed by atoms with van der Waals surface area (Å²) in [5.74, 6) is 0.611. The van der Waals surface area contributed by atoms with Crippen LogP contribution < -0.4 is 5.73 Å². The van der Waals surface area contributed by atoms with E-state index in [-0.39, 0.29) is 5.82 Å². The summed E-state index contributed by atoms with van der Waals surface area (Å²) < 4.78 is 19.0. The molecule has 3 nitrogen and oxygen atoms in total. The van der Waals surface area contributed by atoms with Gasteiger partial charge in [0, 0.05) is 11.6 Å². The molecule has 16 heavy (non-hydrogen) atoms. The molecule has 0 amide bonds. The molecule has 0 saturated heterocycles. The molecule has 0 saturated carbocycles. The molecule has 0 aliphatic rings. The molecule has 2 rings (SSSR count). The Morgan fingerprint density at radius 3 is 2.75 bits per heavy atom. The molecule has 0 aliphatic carbocycles. The molecule has 0 fully saturated rings. The van der Waals surface area contributed by atoms with Crippen LogP contribution in [0.15, 0.2) is 27.2 Å². The summed E-state index contributed by atoms with van der Waals surface area (Å²) in [4.78, 5) is 0. The zero-order valence-corrected chi connectivity index (χ0v) is 10.2. The van der Waals surface area contributed by atoms with E-state index < -0.39 is 0 Å². The van der Waals surface area contributed by atoms with E-state index in [0.29, 0.717) is 28.0 Å². The van der Waals surface area contributed by atoms with Gasteiger partial charge in [-0.1, -0.05) is 12.1 Å². The molecule has 2 N–H and O–H groups in total. The van der Waals surface area contributed by atoms with E-state index in [1.54, 1.807) is 18.2 Å². The van der Waals surface area contributed by atoms with E-state index in [2.05, 4.69) is 21.1 Å². The fraction of sp³-hybridized carbons (Fsp3) is 0.182. The average Bonchev–Trinajstić information content (AvgIpc) is 2.69. The van der Waals surface area contributed by atoms with Gasteiger partial charge >= 0.3 is 0 Å². The largest absolute Gasteiger partial charge is 0.381 e. The molecule has 0 unspecified atom stereocenters. The van der Waals surface area contributed by atoms with Crippen LogP contribution in [0, 0.1) is 5.82 Å². The standard InChI is InChI=1S/C11H10BrFN2O/c1-2-6-3-7(4-8(12)11(6)13)9-5-10(14)15-16-9/h3-5H,2H2,1H3,(H2,14,15). The van der Waals surface area contributed by atoms with Crippen LogP contribution >= 0.6 is 15.9 Å². The molecule has 5 heteroatoms. The van der Waals surface area contributed by atoms with E-state index in [1.165, 1.54) is 0 Å². The van der Waals surface area contributed by atoms with E-state index in [0.717, 1.165) is 5.56 Å². The molecule has 1 aromatic heterocycles. The molecule has 0 bridgehead atoms. The first-order valence-corrected chi connectivity index (χ1v) is 5.61. The number of anilines is 1. The van der Waals surface area contributed by atoms with Crippen LogP contribution in [-0.2, 0) is 6.42 Å². The van der Waals surface area contributed by atoms with E-state index in [1.807, 2.05) is 6.92 Å². The van der Waals surface area contributed by atoms with E-state index in [4.69, 9.17) is 10.3 Å². The molecule has 1 heterocycles. The highest BCUT2D eigenvalue weighted by Crippen LogP contribution is 2.29. The number of hydrogen-bond acceptors (Lipinski definition) is 3. The van der Waals surface area contributed by atoms with Gasteiger partial charge in [0.15, 0.2) is 11.6 Å². The third-order valence-corrected chi connectivity index (χ3v) is 2.87. The lowest BCUT2D eigenvalue weighted by atomic mass is 10.1. The van der Waals surface area contributed by atoms with Crippen molar-refractivity contribution in [2.45, 2.75) is 13.3 Å². The zero-order valence-electron chi connectivity index (χ0n) is 8.63. The van der Waals surface area contributed by atoms with E-state index >= 15 is 0 Å². The van der Waals surface area contributed by atoms with Gasteiger partial charge in [-0.25, -0.2) is 4.39 Å². The van der Waals surface area contributed by atoms with Crippen molar-refractivity contribution in [2.24, 2.45) is 0 Å². The van der Waals surface area contributed by atoms with Gasteiger partial charge in [-0.15, -0.1) is 0 Å². The average molecular weight is 285 g/mol. The number of benzene rings is 1. The molecular formula is C11H10BrFN2O. The Kier molecular flexibility index (Phi) is 2.96. The number of nitrogens with two attached hydrogens (primary N) is 1. The first kappa shape index (κ1) is 11.1. The van der Waals surface area contributed by atoms with Crippen molar-refractivity contribution in [1.82, 2.24) is 5.16 Å². The Morgan fingerprint density at radius 1 is 1.44 bits per heavy atom. The Morgan fingerprint density at radius 2 is 2.19 bits per heavy atom. The quantitative estimate of drug-likeness (QED) is 0.920. The summed E-state index contributed by atoms with van der Waals surface area (Å²) in [6.45, 7) is 1.89. The van der Waals surface area contributed by atoms with Gasteiger partial charge < -0.3 is 10.3 Å². The van der Waals surface area contributed by atoms with Crippen LogP contribution in [0.2, 0.25) is 0 Å². The Labute approximate surface area is 101 Å². The van der Waals surface area contributed by atoms with Gasteiger partial charge in [0.2, 0.25) is 0 Å². The second-order valence-corrected chi connectivity index (χ2v) is 4.26. The molecule has 2 aromatic rings. The number of halogens is 2. The summed E-state index contributed by atoms with van der Waals surface area (Å²) in [6, 6.07) is 4.99. The Bertz CT molecular complexity index is 525. The number of aromatic nitrogens is 1. The number of nitrogen functional groups attached to an aromatic ring is 1. The minimum Gasteiger partial charge on any atom is -0.381 e. The first-order chi connectivity index (χ1) is 7.61. The van der Waals surface area contributed by atoms with Gasteiger partial charge in [0.25, 0.3) is 0 Å². The highest BCUT2D eigenvalue weighted by Gasteiger charge is 2.11. The third kappa shape index (κ3) is 1.95. The van der Waals surface area contributed by atoms with Crippen LogP contribution in [0.25, 0.3) is 11.3 Å². The van der Waals surface area contributed by atoms with Crippen molar-refractivity contribution >= 4 is 21.7 Å². The van der Waals surface area contributed by atoms with Crippen LogP contribution in [0.4, 0.5) is 10.2 Å². The monoisotopic (exact) mass is 284 g/mol. The summed E-state index contributed by atoms with van der Waals surface area (Å²) in [6.07, 6.45) is 0.613. The van der Waals surface area contributed by atoms with Gasteiger partial charge in [0.05, 0.1) is 4.47 Å². The Balaban J connectivity index is 2.54. The van der Waals surface area contributed by atoms with Gasteiger partial charge in [-0.05, 0) is 40.0 Å². The SMILES string of the molecule is CCc1cc(-c2cc(N)no2)cc(Br)c1F. The summed E-state index contributed by atoms with van der Waals surface area (Å²) >= 11 is 3.17. The van der Waals surface area contributed by atoms with E-state index in [9.17, 15) is 4.39 Å². The molecular weight excluding hydrogens is 275 g/mol. The minimum absolute atomic E-state index is 0.237. The fourth-order valence-electron chi connectivity index (χ4n) is 1.47. The van der Waals surface area contributed by atoms with Crippen molar-refractivity contribution < 1.29 is 8.91 Å². The number of rotatable bonds is 2. The molecule has 84 valence electrons. The maximum Gasteiger partial charge on any atom is 0.169 e. The topological polar surface area (TPSA) is 52.0 Å². The van der Waals surface area contributed by atoms with Crippen LogP contribution in [0.3, 0.4) is 0 Å². The molecule has 0 radical (unpaired) electrons. The summed E-state index contributed by atoms with van der Waals surface area (Å²) in [5.41, 5.74) is 6.85. The second kappa shape index (κ2) is 4.25. The van der Waals surface area contributed by atoms with Crippen LogP contribution in [-0.4, -0.2) is 5.16 Å². The molecule has 1 aromatic carbocycles. The first-order valence-electron chi connectivity index (χ1n) is 4.82. The molecule has 0 atom stereocenters. The predicted octanol–water partition coefficient (Wildman–Crippen LogP) is 3.39. The third-order valence-electron chi connectivity index (χ3n) is 2.30. The summed E-state index contributed by atoms with van der Waals surface area (Å²) in [7, 11) is 0. The van der Waals surface area contributed by atoms with Gasteiger partial charge in [-0.3, -0.25) is 0 Å². The van der Waals surface area contributed by atoms with Crippen LogP contribution in [0.5, 0.6) is 0 Å². The second-order valence-electron chi connectivity index (χ2n) is 3.40. The van der Waals surface area contributed by atoms with Crippen molar-refractivity contribution in [1.29, 1.82) is 0 Å². The lowest BCUT2D eigenvalue weighted by Gasteiger charge is -2.04. The minimum atomic E-state index is -0.237. The maximum atomic E-state index is 13.6. The van der Waals surface area contributed by atoms with Gasteiger partial charge in [-0.2, -0.15) is 0 Å². The van der Waals surface area contributed by atoms with Crippen LogP contribution in [0.1, 0.15) is 12.5 Å². The predicted molar refractivity (Wildman–Crippen MR) is 63.4 cm³/mol. The normalized spacial score (nSPS) is 10.7. The van der Waals surface area contributed by atoms with Crippen molar-refractivity contribution in [3.8, 4) is 11.3 Å². The van der Waals surface area contributed by atoms with Crippen molar-refractivity contribution in [3.05, 3.63) is 34.1 Å². The fourth-order valence-corrected chi connectivity index (χ4v) is 1.97. The Hall–Kier alpha value is -1.36. The number of aryl methyl sites for hydroxylation is 1. The lowest BCUT2D eigenvalue weighted by molar-refractivity contribution is 0.435. The van der Waals surface area contributed by atoms with Gasteiger partial charge in [0.1, 0.15) is 5.82 Å². The van der Waals surface area contributed by atoms with Crippen molar-refractivity contribution in [2.75, 3.05) is 5.73 Å². The van der Waals surface area contributed by atoms with Crippen molar-refractivity contribution in [3.63, 3.8) is 0 Å². The number of nitrogens with zero attached hydrogens (tertiary/aromatic N) is 1. The molecule has 0 spiro atoms. The number of hydrogen-bond donors (Lipinski definition) is 1.